The Labute approximate surface area is 86.8 Å². The van der Waals surface area contributed by atoms with Crippen LogP contribution < -0.4 is 0 Å². The molecule has 0 aromatic heterocycles. The van der Waals surface area contributed by atoms with E-state index in [1.165, 1.54) is 12.1 Å². The molecule has 0 saturated heterocycles. The zero-order valence-corrected chi connectivity index (χ0v) is 8.15. The first-order valence-corrected chi connectivity index (χ1v) is 4.39. The lowest BCUT2D eigenvalue weighted by Crippen LogP contribution is -2.04. The van der Waals surface area contributed by atoms with Crippen LogP contribution in [0.3, 0.4) is 0 Å². The van der Waals surface area contributed by atoms with Crippen molar-refractivity contribution in [2.45, 2.75) is 13.3 Å². The van der Waals surface area contributed by atoms with Crippen LogP contribution in [-0.2, 0) is 6.42 Å². The van der Waals surface area contributed by atoms with Crippen LogP contribution in [0.4, 0.5) is 0 Å². The maximum absolute atomic E-state index is 10.8. The van der Waals surface area contributed by atoms with E-state index >= 15 is 0 Å². The largest absolute Gasteiger partial charge is 0.478 e. The minimum Gasteiger partial charge on any atom is -0.478 e. The molecule has 0 unspecified atom stereocenters. The highest BCUT2D eigenvalue weighted by Crippen LogP contribution is 2.16. The van der Waals surface area contributed by atoms with E-state index in [-0.39, 0.29) is 11.1 Å². The van der Waals surface area contributed by atoms with Crippen LogP contribution in [-0.4, -0.2) is 17.4 Å². The summed E-state index contributed by atoms with van der Waals surface area (Å²) >= 11 is 0. The van der Waals surface area contributed by atoms with E-state index in [2.05, 4.69) is 0 Å². The van der Waals surface area contributed by atoms with Crippen molar-refractivity contribution in [3.8, 4) is 6.07 Å². The molecule has 0 spiro atoms. The van der Waals surface area contributed by atoms with Gasteiger partial charge in [0.1, 0.15) is 0 Å². The Morgan fingerprint density at radius 2 is 2.27 bits per heavy atom. The van der Waals surface area contributed by atoms with Gasteiger partial charge in [0.15, 0.2) is 6.29 Å². The Bertz CT molecular complexity index is 458. The summed E-state index contributed by atoms with van der Waals surface area (Å²) in [5.41, 5.74) is 0.974. The van der Waals surface area contributed by atoms with E-state index < -0.39 is 5.97 Å². The molecular formula is C11H9NO3. The number of aryl methyl sites for hydroxylation is 1. The number of rotatable bonds is 3. The number of carbonyl (C=O) groups is 2. The summed E-state index contributed by atoms with van der Waals surface area (Å²) in [5.74, 6) is -1.20. The first-order valence-electron chi connectivity index (χ1n) is 4.39. The molecule has 4 heteroatoms. The smallest absolute Gasteiger partial charge is 0.336 e. The molecule has 1 rings (SSSR count). The molecule has 1 N–H and O–H groups in total. The molecular weight excluding hydrogens is 194 g/mol. The summed E-state index contributed by atoms with van der Waals surface area (Å²) in [5, 5.41) is 17.6. The van der Waals surface area contributed by atoms with Crippen molar-refractivity contribution in [1.82, 2.24) is 0 Å². The highest BCUT2D eigenvalue weighted by atomic mass is 16.4. The third kappa shape index (κ3) is 2.02. The number of carbonyl (C=O) groups excluding carboxylic acids is 1. The van der Waals surface area contributed by atoms with Crippen LogP contribution in [0.1, 0.15) is 38.8 Å². The third-order valence-corrected chi connectivity index (χ3v) is 2.13. The zero-order valence-electron chi connectivity index (χ0n) is 8.15. The van der Waals surface area contributed by atoms with Crippen LogP contribution in [0.2, 0.25) is 0 Å². The predicted molar refractivity (Wildman–Crippen MR) is 52.9 cm³/mol. The van der Waals surface area contributed by atoms with Gasteiger partial charge in [-0.25, -0.2) is 4.79 Å². The van der Waals surface area contributed by atoms with Crippen molar-refractivity contribution >= 4 is 12.3 Å². The number of carboxylic acid groups (broad SMARTS) is 1. The summed E-state index contributed by atoms with van der Waals surface area (Å²) in [6.45, 7) is 1.84. The van der Waals surface area contributed by atoms with Crippen LogP contribution in [0.5, 0.6) is 0 Å². The van der Waals surface area contributed by atoms with Gasteiger partial charge in [-0.15, -0.1) is 0 Å². The molecule has 0 atom stereocenters. The summed E-state index contributed by atoms with van der Waals surface area (Å²) in [6, 6.07) is 4.61. The molecule has 0 aliphatic carbocycles. The maximum Gasteiger partial charge on any atom is 0.336 e. The second-order valence-electron chi connectivity index (χ2n) is 2.98. The fourth-order valence-corrected chi connectivity index (χ4v) is 1.34. The van der Waals surface area contributed by atoms with E-state index in [0.29, 0.717) is 23.8 Å². The van der Waals surface area contributed by atoms with Gasteiger partial charge in [0.2, 0.25) is 0 Å². The summed E-state index contributed by atoms with van der Waals surface area (Å²) in [4.78, 5) is 21.4. The number of aromatic carboxylic acids is 1. The molecule has 0 heterocycles. The zero-order chi connectivity index (χ0) is 11.4. The van der Waals surface area contributed by atoms with Crippen LogP contribution in [0.25, 0.3) is 0 Å². The number of benzene rings is 1. The third-order valence-electron chi connectivity index (χ3n) is 2.13. The Hall–Kier alpha value is -2.15. The first kappa shape index (κ1) is 10.9. The Morgan fingerprint density at radius 1 is 1.60 bits per heavy atom. The fraction of sp³-hybridized carbons (Fsp3) is 0.182. The lowest BCUT2D eigenvalue weighted by atomic mass is 9.98. The van der Waals surface area contributed by atoms with Crippen LogP contribution >= 0.6 is 0 Å². The minimum absolute atomic E-state index is 0.110. The lowest BCUT2D eigenvalue weighted by molar-refractivity contribution is 0.0694. The molecule has 0 aliphatic heterocycles. The maximum atomic E-state index is 10.8. The van der Waals surface area contributed by atoms with E-state index in [0.717, 1.165) is 0 Å². The highest BCUT2D eigenvalue weighted by Gasteiger charge is 2.13. The number of carboxylic acids is 1. The van der Waals surface area contributed by atoms with Crippen molar-refractivity contribution < 1.29 is 14.7 Å². The number of nitrogens with zero attached hydrogens (tertiary/aromatic N) is 1. The molecule has 0 radical (unpaired) electrons. The van der Waals surface area contributed by atoms with Gasteiger partial charge in [-0.3, -0.25) is 4.79 Å². The lowest BCUT2D eigenvalue weighted by Gasteiger charge is -2.05. The number of nitriles is 1. The highest BCUT2D eigenvalue weighted by molar-refractivity contribution is 5.97. The SMILES string of the molecule is CCc1cc(C=O)c(C(=O)O)cc1C#N. The van der Waals surface area contributed by atoms with E-state index in [1.54, 1.807) is 0 Å². The van der Waals surface area contributed by atoms with Crippen molar-refractivity contribution in [1.29, 1.82) is 5.26 Å². The summed E-state index contributed by atoms with van der Waals surface area (Å²) < 4.78 is 0. The van der Waals surface area contributed by atoms with Crippen LogP contribution in [0.15, 0.2) is 12.1 Å². The average Bonchev–Trinajstić information content (AvgIpc) is 2.26. The fourth-order valence-electron chi connectivity index (χ4n) is 1.34. The standard InChI is InChI=1S/C11H9NO3/c1-2-7-3-9(6-13)10(11(14)15)4-8(7)5-12/h3-4,6H,2H2,1H3,(H,14,15). The molecule has 0 fully saturated rings. The van der Waals surface area contributed by atoms with Gasteiger partial charge >= 0.3 is 5.97 Å². The molecule has 1 aromatic rings. The predicted octanol–water partition coefficient (Wildman–Crippen LogP) is 1.63. The molecule has 0 aliphatic rings. The van der Waals surface area contributed by atoms with E-state index in [1.807, 2.05) is 13.0 Å². The second-order valence-corrected chi connectivity index (χ2v) is 2.98. The first-order chi connectivity index (χ1) is 7.13. The van der Waals surface area contributed by atoms with Crippen molar-refractivity contribution in [3.63, 3.8) is 0 Å². The topological polar surface area (TPSA) is 78.2 Å². The molecule has 1 aromatic carbocycles. The van der Waals surface area contributed by atoms with Crippen molar-refractivity contribution in [2.24, 2.45) is 0 Å². The molecule has 4 nitrogen and oxygen atoms in total. The van der Waals surface area contributed by atoms with Gasteiger partial charge in [-0.05, 0) is 24.1 Å². The van der Waals surface area contributed by atoms with Gasteiger partial charge in [0, 0.05) is 5.56 Å². The van der Waals surface area contributed by atoms with Gasteiger partial charge < -0.3 is 5.11 Å². The second kappa shape index (κ2) is 4.38. The number of aldehydes is 1. The Morgan fingerprint density at radius 3 is 2.67 bits per heavy atom. The molecule has 0 amide bonds. The summed E-state index contributed by atoms with van der Waals surface area (Å²) in [6.07, 6.45) is 1.08. The quantitative estimate of drug-likeness (QED) is 0.757. The monoisotopic (exact) mass is 203 g/mol. The van der Waals surface area contributed by atoms with Gasteiger partial charge in [-0.1, -0.05) is 6.92 Å². The van der Waals surface area contributed by atoms with Gasteiger partial charge in [0.05, 0.1) is 17.2 Å². The average molecular weight is 203 g/mol. The normalized spacial score (nSPS) is 9.33. The molecule has 76 valence electrons. The van der Waals surface area contributed by atoms with Gasteiger partial charge in [0.25, 0.3) is 0 Å². The Balaban J connectivity index is 3.49. The molecule has 15 heavy (non-hydrogen) atoms. The van der Waals surface area contributed by atoms with E-state index in [9.17, 15) is 9.59 Å². The number of hydrogen-bond donors (Lipinski definition) is 1. The van der Waals surface area contributed by atoms with Crippen molar-refractivity contribution in [3.05, 3.63) is 34.4 Å². The molecule has 0 bridgehead atoms. The minimum atomic E-state index is -1.20. The van der Waals surface area contributed by atoms with Crippen molar-refractivity contribution in [2.75, 3.05) is 0 Å². The van der Waals surface area contributed by atoms with Crippen LogP contribution in [0, 0.1) is 11.3 Å². The Kier molecular flexibility index (Phi) is 3.19. The van der Waals surface area contributed by atoms with E-state index in [4.69, 9.17) is 10.4 Å². The molecule has 0 saturated carbocycles. The summed E-state index contributed by atoms with van der Waals surface area (Å²) in [7, 11) is 0. The number of hydrogen-bond acceptors (Lipinski definition) is 3. The van der Waals surface area contributed by atoms with Gasteiger partial charge in [-0.2, -0.15) is 5.26 Å².